The minimum Gasteiger partial charge on any atom is -0.396 e. The van der Waals surface area contributed by atoms with Crippen molar-refractivity contribution in [1.29, 1.82) is 0 Å². The maximum absolute atomic E-state index is 12.0. The van der Waals surface area contributed by atoms with Gasteiger partial charge in [-0.2, -0.15) is 0 Å². The summed E-state index contributed by atoms with van der Waals surface area (Å²) in [4.78, 5) is 12.0. The quantitative estimate of drug-likeness (QED) is 0.878. The van der Waals surface area contributed by atoms with Crippen molar-refractivity contribution in [3.63, 3.8) is 0 Å². The average molecular weight is 314 g/mol. The Morgan fingerprint density at radius 1 is 1.44 bits per heavy atom. The largest absolute Gasteiger partial charge is 0.396 e. The first-order chi connectivity index (χ1) is 8.35. The van der Waals surface area contributed by atoms with Crippen LogP contribution in [-0.2, 0) is 0 Å². The van der Waals surface area contributed by atoms with Gasteiger partial charge < -0.3 is 10.4 Å². The van der Waals surface area contributed by atoms with Crippen molar-refractivity contribution in [2.24, 2.45) is 5.41 Å². The number of hydrogen-bond donors (Lipinski definition) is 2. The van der Waals surface area contributed by atoms with Crippen molar-refractivity contribution in [1.82, 2.24) is 5.32 Å². The Morgan fingerprint density at radius 3 is 2.67 bits per heavy atom. The summed E-state index contributed by atoms with van der Waals surface area (Å²) in [5.74, 6) is -0.0899. The summed E-state index contributed by atoms with van der Waals surface area (Å²) in [5, 5.41) is 11.8. The molecule has 100 valence electrons. The first-order valence-electron chi connectivity index (χ1n) is 6.01. The van der Waals surface area contributed by atoms with Crippen LogP contribution in [0.15, 0.2) is 22.7 Å². The fourth-order valence-electron chi connectivity index (χ4n) is 1.61. The molecule has 0 radical (unpaired) electrons. The molecule has 0 saturated carbocycles. The number of amides is 1. The molecule has 1 aromatic rings. The number of hydrogen-bond acceptors (Lipinski definition) is 2. The van der Waals surface area contributed by atoms with Crippen LogP contribution in [-0.4, -0.2) is 24.2 Å². The number of rotatable bonds is 5. The van der Waals surface area contributed by atoms with Crippen molar-refractivity contribution in [2.75, 3.05) is 13.2 Å². The van der Waals surface area contributed by atoms with Crippen molar-refractivity contribution in [3.05, 3.63) is 33.8 Å². The summed E-state index contributed by atoms with van der Waals surface area (Å²) >= 11 is 3.40. The van der Waals surface area contributed by atoms with Gasteiger partial charge in [0.1, 0.15) is 0 Å². The standard InChI is InChI=1S/C14H20BrNO2/c1-10-4-5-11(12(15)8-10)13(18)16-9-14(2,3)6-7-17/h4-5,8,17H,6-7,9H2,1-3H3,(H,16,18). The van der Waals surface area contributed by atoms with E-state index in [1.54, 1.807) is 0 Å². The molecule has 0 fully saturated rings. The lowest BCUT2D eigenvalue weighted by Gasteiger charge is -2.24. The smallest absolute Gasteiger partial charge is 0.252 e. The number of nitrogens with one attached hydrogen (secondary N) is 1. The number of aliphatic hydroxyl groups is 1. The second-order valence-corrected chi connectivity index (χ2v) is 6.16. The van der Waals surface area contributed by atoms with Gasteiger partial charge in [-0.3, -0.25) is 4.79 Å². The van der Waals surface area contributed by atoms with E-state index in [2.05, 4.69) is 21.2 Å². The molecular weight excluding hydrogens is 294 g/mol. The van der Waals surface area contributed by atoms with Crippen LogP contribution in [0.4, 0.5) is 0 Å². The number of aliphatic hydroxyl groups excluding tert-OH is 1. The lowest BCUT2D eigenvalue weighted by atomic mass is 9.89. The molecule has 1 amide bonds. The molecule has 0 aliphatic rings. The van der Waals surface area contributed by atoms with E-state index in [0.717, 1.165) is 10.0 Å². The Kier molecular flexibility index (Phi) is 5.35. The molecule has 0 spiro atoms. The number of aryl methyl sites for hydroxylation is 1. The van der Waals surface area contributed by atoms with Gasteiger partial charge in [0.05, 0.1) is 5.56 Å². The SMILES string of the molecule is Cc1ccc(C(=O)NCC(C)(C)CCO)c(Br)c1. The van der Waals surface area contributed by atoms with Crippen LogP contribution in [0, 0.1) is 12.3 Å². The minimum atomic E-state index is -0.0957. The van der Waals surface area contributed by atoms with Crippen LogP contribution in [0.25, 0.3) is 0 Å². The number of benzene rings is 1. The highest BCUT2D eigenvalue weighted by molar-refractivity contribution is 9.10. The maximum Gasteiger partial charge on any atom is 0.252 e. The molecule has 0 bridgehead atoms. The summed E-state index contributed by atoms with van der Waals surface area (Å²) in [6, 6.07) is 5.65. The van der Waals surface area contributed by atoms with Crippen molar-refractivity contribution in [2.45, 2.75) is 27.2 Å². The summed E-state index contributed by atoms with van der Waals surface area (Å²) in [6.45, 7) is 6.71. The first-order valence-corrected chi connectivity index (χ1v) is 6.80. The molecule has 0 unspecified atom stereocenters. The highest BCUT2D eigenvalue weighted by Crippen LogP contribution is 2.20. The fraction of sp³-hybridized carbons (Fsp3) is 0.500. The topological polar surface area (TPSA) is 49.3 Å². The van der Waals surface area contributed by atoms with Crippen LogP contribution < -0.4 is 5.32 Å². The molecule has 1 rings (SSSR count). The Hall–Kier alpha value is -0.870. The predicted octanol–water partition coefficient (Wildman–Crippen LogP) is 2.90. The van der Waals surface area contributed by atoms with Gasteiger partial charge in [-0.1, -0.05) is 19.9 Å². The van der Waals surface area contributed by atoms with Crippen molar-refractivity contribution < 1.29 is 9.90 Å². The van der Waals surface area contributed by atoms with E-state index in [4.69, 9.17) is 5.11 Å². The van der Waals surface area contributed by atoms with E-state index in [9.17, 15) is 4.79 Å². The predicted molar refractivity (Wildman–Crippen MR) is 76.7 cm³/mol. The van der Waals surface area contributed by atoms with Crippen LogP contribution in [0.5, 0.6) is 0 Å². The number of halogens is 1. The van der Waals surface area contributed by atoms with Crippen molar-refractivity contribution in [3.8, 4) is 0 Å². The van der Waals surface area contributed by atoms with E-state index in [1.807, 2.05) is 39.0 Å². The van der Waals surface area contributed by atoms with Crippen LogP contribution in [0.2, 0.25) is 0 Å². The molecule has 0 aliphatic carbocycles. The Morgan fingerprint density at radius 2 is 2.11 bits per heavy atom. The van der Waals surface area contributed by atoms with Gasteiger partial charge in [0.2, 0.25) is 0 Å². The van der Waals surface area contributed by atoms with E-state index in [-0.39, 0.29) is 17.9 Å². The van der Waals surface area contributed by atoms with Gasteiger partial charge in [-0.25, -0.2) is 0 Å². The molecule has 0 aliphatic heterocycles. The van der Waals surface area contributed by atoms with E-state index >= 15 is 0 Å². The van der Waals surface area contributed by atoms with Gasteiger partial charge >= 0.3 is 0 Å². The Bertz CT molecular complexity index is 430. The monoisotopic (exact) mass is 313 g/mol. The summed E-state index contributed by atoms with van der Waals surface area (Å²) in [7, 11) is 0. The van der Waals surface area contributed by atoms with Gasteiger partial charge in [-0.15, -0.1) is 0 Å². The highest BCUT2D eigenvalue weighted by atomic mass is 79.9. The zero-order chi connectivity index (χ0) is 13.8. The second-order valence-electron chi connectivity index (χ2n) is 5.30. The Balaban J connectivity index is 2.66. The lowest BCUT2D eigenvalue weighted by molar-refractivity contribution is 0.0927. The number of carbonyl (C=O) groups is 1. The Labute approximate surface area is 117 Å². The van der Waals surface area contributed by atoms with Gasteiger partial charge in [0, 0.05) is 17.6 Å². The molecule has 0 heterocycles. The molecule has 2 N–H and O–H groups in total. The normalized spacial score (nSPS) is 11.4. The number of carbonyl (C=O) groups excluding carboxylic acids is 1. The van der Waals surface area contributed by atoms with E-state index in [1.165, 1.54) is 0 Å². The zero-order valence-corrected chi connectivity index (χ0v) is 12.7. The van der Waals surface area contributed by atoms with E-state index < -0.39 is 0 Å². The average Bonchev–Trinajstić information content (AvgIpc) is 2.26. The van der Waals surface area contributed by atoms with Crippen LogP contribution >= 0.6 is 15.9 Å². The molecule has 18 heavy (non-hydrogen) atoms. The summed E-state index contributed by atoms with van der Waals surface area (Å²) in [5.41, 5.74) is 1.65. The third kappa shape index (κ3) is 4.42. The molecule has 1 aromatic carbocycles. The molecule has 0 aromatic heterocycles. The summed E-state index contributed by atoms with van der Waals surface area (Å²) < 4.78 is 0.806. The third-order valence-corrected chi connectivity index (χ3v) is 3.54. The van der Waals surface area contributed by atoms with Gasteiger partial charge in [0.15, 0.2) is 0 Å². The van der Waals surface area contributed by atoms with Crippen LogP contribution in [0.3, 0.4) is 0 Å². The second kappa shape index (κ2) is 6.34. The third-order valence-electron chi connectivity index (χ3n) is 2.89. The minimum absolute atomic E-state index is 0.0899. The van der Waals surface area contributed by atoms with Gasteiger partial charge in [0.25, 0.3) is 5.91 Å². The lowest BCUT2D eigenvalue weighted by Crippen LogP contribution is -2.34. The maximum atomic E-state index is 12.0. The van der Waals surface area contributed by atoms with E-state index in [0.29, 0.717) is 18.5 Å². The molecule has 3 nitrogen and oxygen atoms in total. The highest BCUT2D eigenvalue weighted by Gasteiger charge is 2.19. The molecule has 0 saturated heterocycles. The first kappa shape index (κ1) is 15.2. The molecule has 4 heteroatoms. The fourth-order valence-corrected chi connectivity index (χ4v) is 2.28. The molecule has 0 atom stereocenters. The zero-order valence-electron chi connectivity index (χ0n) is 11.1. The summed E-state index contributed by atoms with van der Waals surface area (Å²) in [6.07, 6.45) is 0.669. The van der Waals surface area contributed by atoms with Crippen LogP contribution in [0.1, 0.15) is 36.2 Å². The van der Waals surface area contributed by atoms with Gasteiger partial charge in [-0.05, 0) is 52.4 Å². The van der Waals surface area contributed by atoms with Crippen molar-refractivity contribution >= 4 is 21.8 Å². The molecular formula is C14H20BrNO2.